The molecule has 0 saturated heterocycles. The molecule has 0 saturated carbocycles. The molecule has 0 bridgehead atoms. The van der Waals surface area contributed by atoms with Gasteiger partial charge in [-0.1, -0.05) is 6.42 Å². The number of ether oxygens (including phenoxy) is 1. The van der Waals surface area contributed by atoms with Crippen molar-refractivity contribution < 1.29 is 4.74 Å². The Morgan fingerprint density at radius 3 is 2.77 bits per heavy atom. The van der Waals surface area contributed by atoms with Crippen molar-refractivity contribution in [1.29, 1.82) is 0 Å². The van der Waals surface area contributed by atoms with E-state index in [4.69, 9.17) is 9.72 Å². The third-order valence-corrected chi connectivity index (χ3v) is 4.89. The number of pyridine rings is 2. The van der Waals surface area contributed by atoms with E-state index in [2.05, 4.69) is 32.6 Å². The summed E-state index contributed by atoms with van der Waals surface area (Å²) in [4.78, 5) is 9.28. The minimum atomic E-state index is 0.470. The van der Waals surface area contributed by atoms with E-state index in [1.165, 1.54) is 30.4 Å². The van der Waals surface area contributed by atoms with Crippen molar-refractivity contribution in [2.24, 2.45) is 15.4 Å². The second kappa shape index (κ2) is 7.32. The van der Waals surface area contributed by atoms with Gasteiger partial charge in [-0.15, -0.1) is 5.10 Å². The Hall–Kier alpha value is -2.63. The number of aryl methyl sites for hydroxylation is 2. The zero-order valence-electron chi connectivity index (χ0n) is 15.3. The van der Waals surface area contributed by atoms with E-state index in [-0.39, 0.29) is 0 Å². The molecule has 26 heavy (non-hydrogen) atoms. The third kappa shape index (κ3) is 3.11. The first kappa shape index (κ1) is 16.8. The lowest BCUT2D eigenvalue weighted by atomic mass is 9.90. The average Bonchev–Trinajstić information content (AvgIpc) is 3.06. The standard InChI is InChI=1S/C20H23N5O/c1-3-26-20-19(17-12-22-25-24-17)18(14-9-10-21-13(2)11-14)15-7-5-4-6-8-16(15)23-20/h9-11H,3-8,12H2,1-2H3. The normalized spacial score (nSPS) is 16.2. The maximum atomic E-state index is 5.96. The summed E-state index contributed by atoms with van der Waals surface area (Å²) in [5, 5.41) is 12.2. The first-order valence-corrected chi connectivity index (χ1v) is 9.33. The molecule has 6 heteroatoms. The smallest absolute Gasteiger partial charge is 0.223 e. The molecule has 2 aromatic rings. The second-order valence-electron chi connectivity index (χ2n) is 6.71. The fraction of sp³-hybridized carbons (Fsp3) is 0.450. The van der Waals surface area contributed by atoms with Gasteiger partial charge in [0.15, 0.2) is 0 Å². The van der Waals surface area contributed by atoms with Crippen LogP contribution in [0.2, 0.25) is 0 Å². The summed E-state index contributed by atoms with van der Waals surface area (Å²) in [7, 11) is 0. The molecule has 0 spiro atoms. The number of nitrogens with zero attached hydrogens (tertiary/aromatic N) is 5. The summed E-state index contributed by atoms with van der Waals surface area (Å²) in [6.07, 6.45) is 7.47. The Balaban J connectivity index is 2.02. The zero-order chi connectivity index (χ0) is 17.9. The van der Waals surface area contributed by atoms with Crippen molar-refractivity contribution in [3.05, 3.63) is 40.8 Å². The predicted octanol–water partition coefficient (Wildman–Crippen LogP) is 4.29. The lowest BCUT2D eigenvalue weighted by molar-refractivity contribution is 0.325. The summed E-state index contributed by atoms with van der Waals surface area (Å²) in [5.41, 5.74) is 7.57. The molecule has 1 aliphatic heterocycles. The quantitative estimate of drug-likeness (QED) is 0.773. The Labute approximate surface area is 153 Å². The maximum Gasteiger partial charge on any atom is 0.223 e. The zero-order valence-corrected chi connectivity index (χ0v) is 15.3. The molecule has 2 aliphatic rings. The van der Waals surface area contributed by atoms with Gasteiger partial charge in [0, 0.05) is 23.1 Å². The van der Waals surface area contributed by atoms with Gasteiger partial charge in [0.2, 0.25) is 5.88 Å². The van der Waals surface area contributed by atoms with Crippen LogP contribution >= 0.6 is 0 Å². The van der Waals surface area contributed by atoms with Crippen LogP contribution in [0.15, 0.2) is 33.8 Å². The molecule has 0 aromatic carbocycles. The molecule has 4 rings (SSSR count). The molecule has 134 valence electrons. The van der Waals surface area contributed by atoms with E-state index in [0.29, 0.717) is 19.0 Å². The lowest BCUT2D eigenvalue weighted by Crippen LogP contribution is -2.14. The predicted molar refractivity (Wildman–Crippen MR) is 101 cm³/mol. The second-order valence-corrected chi connectivity index (χ2v) is 6.71. The first-order valence-electron chi connectivity index (χ1n) is 9.33. The largest absolute Gasteiger partial charge is 0.477 e. The van der Waals surface area contributed by atoms with E-state index in [1.807, 2.05) is 20.0 Å². The molecule has 0 amide bonds. The minimum Gasteiger partial charge on any atom is -0.477 e. The summed E-state index contributed by atoms with van der Waals surface area (Å²) < 4.78 is 5.96. The highest BCUT2D eigenvalue weighted by Gasteiger charge is 2.27. The Kier molecular flexibility index (Phi) is 4.73. The van der Waals surface area contributed by atoms with Crippen LogP contribution in [0, 0.1) is 6.92 Å². The van der Waals surface area contributed by atoms with Crippen molar-refractivity contribution in [2.45, 2.75) is 46.0 Å². The van der Waals surface area contributed by atoms with Crippen molar-refractivity contribution in [3.63, 3.8) is 0 Å². The van der Waals surface area contributed by atoms with Crippen LogP contribution in [0.4, 0.5) is 0 Å². The van der Waals surface area contributed by atoms with Crippen molar-refractivity contribution >= 4 is 5.71 Å². The molecule has 0 radical (unpaired) electrons. The van der Waals surface area contributed by atoms with E-state index in [0.717, 1.165) is 41.1 Å². The van der Waals surface area contributed by atoms with Crippen LogP contribution in [-0.4, -0.2) is 28.8 Å². The molecule has 0 fully saturated rings. The number of hydrogen-bond donors (Lipinski definition) is 0. The summed E-state index contributed by atoms with van der Waals surface area (Å²) in [6, 6.07) is 4.19. The molecular weight excluding hydrogens is 326 g/mol. The fourth-order valence-corrected chi connectivity index (χ4v) is 3.77. The Morgan fingerprint density at radius 2 is 2.00 bits per heavy atom. The molecule has 6 nitrogen and oxygen atoms in total. The molecule has 0 atom stereocenters. The van der Waals surface area contributed by atoms with Gasteiger partial charge in [0.05, 0.1) is 12.2 Å². The minimum absolute atomic E-state index is 0.470. The number of fused-ring (bicyclic) bond motifs is 1. The summed E-state index contributed by atoms with van der Waals surface area (Å²) in [5.74, 6) is 0.656. The van der Waals surface area contributed by atoms with Crippen LogP contribution in [0.3, 0.4) is 0 Å². The Morgan fingerprint density at radius 1 is 1.12 bits per heavy atom. The van der Waals surface area contributed by atoms with Crippen LogP contribution in [-0.2, 0) is 12.8 Å². The molecule has 2 aromatic heterocycles. The van der Waals surface area contributed by atoms with Crippen LogP contribution < -0.4 is 4.74 Å². The van der Waals surface area contributed by atoms with E-state index in [9.17, 15) is 0 Å². The van der Waals surface area contributed by atoms with Gasteiger partial charge in [-0.2, -0.15) is 5.11 Å². The van der Waals surface area contributed by atoms with Crippen molar-refractivity contribution in [3.8, 4) is 17.0 Å². The lowest BCUT2D eigenvalue weighted by Gasteiger charge is -2.20. The van der Waals surface area contributed by atoms with Gasteiger partial charge in [-0.05, 0) is 68.0 Å². The molecule has 0 N–H and O–H groups in total. The van der Waals surface area contributed by atoms with Crippen LogP contribution in [0.5, 0.6) is 5.88 Å². The van der Waals surface area contributed by atoms with E-state index >= 15 is 0 Å². The van der Waals surface area contributed by atoms with Crippen molar-refractivity contribution in [2.75, 3.05) is 13.2 Å². The Bertz CT molecular complexity index is 888. The van der Waals surface area contributed by atoms with Gasteiger partial charge in [0.1, 0.15) is 12.3 Å². The monoisotopic (exact) mass is 349 g/mol. The third-order valence-electron chi connectivity index (χ3n) is 4.89. The molecular formula is C20H23N5O. The van der Waals surface area contributed by atoms with Gasteiger partial charge in [-0.3, -0.25) is 4.98 Å². The van der Waals surface area contributed by atoms with Gasteiger partial charge in [0.25, 0.3) is 0 Å². The molecule has 1 aliphatic carbocycles. The number of rotatable bonds is 4. The SMILES string of the molecule is CCOc1nc2c(c(-c3ccnc(C)c3)c1C1=NN=NC1)CCCCC2. The number of aromatic nitrogens is 2. The number of hydrogen-bond acceptors (Lipinski definition) is 6. The highest BCUT2D eigenvalue weighted by Crippen LogP contribution is 2.38. The topological polar surface area (TPSA) is 72.1 Å². The molecule has 3 heterocycles. The van der Waals surface area contributed by atoms with Crippen molar-refractivity contribution in [1.82, 2.24) is 9.97 Å². The van der Waals surface area contributed by atoms with Gasteiger partial charge in [-0.25, -0.2) is 4.98 Å². The molecule has 0 unspecified atom stereocenters. The summed E-state index contributed by atoms with van der Waals surface area (Å²) >= 11 is 0. The van der Waals surface area contributed by atoms with Gasteiger partial charge >= 0.3 is 0 Å². The highest BCUT2D eigenvalue weighted by atomic mass is 16.5. The van der Waals surface area contributed by atoms with Crippen LogP contribution in [0.1, 0.15) is 48.7 Å². The average molecular weight is 349 g/mol. The highest BCUT2D eigenvalue weighted by molar-refractivity contribution is 6.10. The maximum absolute atomic E-state index is 5.96. The van der Waals surface area contributed by atoms with Crippen LogP contribution in [0.25, 0.3) is 11.1 Å². The summed E-state index contributed by atoms with van der Waals surface area (Å²) in [6.45, 7) is 5.04. The first-order chi connectivity index (χ1) is 12.8. The van der Waals surface area contributed by atoms with E-state index < -0.39 is 0 Å². The fourth-order valence-electron chi connectivity index (χ4n) is 3.77. The van der Waals surface area contributed by atoms with Gasteiger partial charge < -0.3 is 4.74 Å². The van der Waals surface area contributed by atoms with E-state index in [1.54, 1.807) is 0 Å².